The third-order valence-electron chi connectivity index (χ3n) is 5.01. The van der Waals surface area contributed by atoms with Gasteiger partial charge < -0.3 is 19.7 Å². The minimum Gasteiger partial charge on any atom is -0.454 e. The van der Waals surface area contributed by atoms with E-state index in [4.69, 9.17) is 9.47 Å². The molecule has 0 saturated carbocycles. The molecule has 3 aromatic rings. The summed E-state index contributed by atoms with van der Waals surface area (Å²) in [5.41, 5.74) is 3.65. The number of para-hydroxylation sites is 1. The van der Waals surface area contributed by atoms with Crippen molar-refractivity contribution in [2.75, 3.05) is 23.6 Å². The van der Waals surface area contributed by atoms with Crippen molar-refractivity contribution in [2.45, 2.75) is 12.8 Å². The van der Waals surface area contributed by atoms with Gasteiger partial charge in [-0.2, -0.15) is 0 Å². The minimum absolute atomic E-state index is 0.0108. The lowest BCUT2D eigenvalue weighted by Crippen LogP contribution is -2.35. The van der Waals surface area contributed by atoms with E-state index in [2.05, 4.69) is 16.4 Å². The highest BCUT2D eigenvalue weighted by Gasteiger charge is 2.23. The number of aromatic nitrogens is 1. The first kappa shape index (κ1) is 16.6. The first-order valence-electron chi connectivity index (χ1n) is 9.30. The van der Waals surface area contributed by atoms with Crippen molar-refractivity contribution in [3.8, 4) is 11.5 Å². The summed E-state index contributed by atoms with van der Waals surface area (Å²) in [6.45, 7) is 0.960. The summed E-state index contributed by atoms with van der Waals surface area (Å²) in [6, 6.07) is 17.2. The Balaban J connectivity index is 1.39. The molecule has 6 heteroatoms. The summed E-state index contributed by atoms with van der Waals surface area (Å²) >= 11 is 0. The van der Waals surface area contributed by atoms with Crippen LogP contribution in [0.25, 0.3) is 0 Å². The van der Waals surface area contributed by atoms with Gasteiger partial charge in [-0.1, -0.05) is 18.2 Å². The maximum atomic E-state index is 13.2. The third-order valence-corrected chi connectivity index (χ3v) is 5.01. The summed E-state index contributed by atoms with van der Waals surface area (Å²) in [7, 11) is 0. The second-order valence-corrected chi connectivity index (χ2v) is 6.81. The molecule has 2 aliphatic heterocycles. The van der Waals surface area contributed by atoms with Crippen molar-refractivity contribution in [1.29, 1.82) is 0 Å². The highest BCUT2D eigenvalue weighted by molar-refractivity contribution is 6.07. The van der Waals surface area contributed by atoms with E-state index in [1.807, 2.05) is 41.3 Å². The molecule has 0 saturated heterocycles. The number of benzene rings is 2. The van der Waals surface area contributed by atoms with Crippen LogP contribution in [0.4, 0.5) is 17.2 Å². The molecule has 0 spiro atoms. The van der Waals surface area contributed by atoms with Crippen molar-refractivity contribution in [1.82, 2.24) is 4.98 Å². The van der Waals surface area contributed by atoms with Crippen LogP contribution in [0, 0.1) is 0 Å². The first-order valence-corrected chi connectivity index (χ1v) is 9.30. The fourth-order valence-electron chi connectivity index (χ4n) is 3.65. The van der Waals surface area contributed by atoms with Gasteiger partial charge >= 0.3 is 0 Å². The molecule has 0 unspecified atom stereocenters. The number of ether oxygens (including phenoxy) is 2. The number of hydrogen-bond donors (Lipinski definition) is 1. The van der Waals surface area contributed by atoms with Crippen LogP contribution in [0.15, 0.2) is 60.8 Å². The van der Waals surface area contributed by atoms with Gasteiger partial charge in [0.15, 0.2) is 11.5 Å². The number of carbonyl (C=O) groups is 1. The monoisotopic (exact) mass is 373 g/mol. The van der Waals surface area contributed by atoms with E-state index in [0.29, 0.717) is 17.1 Å². The predicted octanol–water partition coefficient (Wildman–Crippen LogP) is 4.15. The zero-order valence-electron chi connectivity index (χ0n) is 15.2. The number of rotatable bonds is 3. The van der Waals surface area contributed by atoms with E-state index in [1.54, 1.807) is 18.3 Å². The average molecular weight is 373 g/mol. The fraction of sp³-hybridized carbons (Fsp3) is 0.182. The van der Waals surface area contributed by atoms with E-state index in [9.17, 15) is 4.79 Å². The molecule has 3 heterocycles. The first-order chi connectivity index (χ1) is 13.8. The van der Waals surface area contributed by atoms with Gasteiger partial charge in [0, 0.05) is 35.7 Å². The molecule has 28 heavy (non-hydrogen) atoms. The Kier molecular flexibility index (Phi) is 4.09. The van der Waals surface area contributed by atoms with Crippen LogP contribution >= 0.6 is 0 Å². The van der Waals surface area contributed by atoms with E-state index in [1.165, 1.54) is 5.56 Å². The van der Waals surface area contributed by atoms with Crippen LogP contribution in [0.3, 0.4) is 0 Å². The second-order valence-electron chi connectivity index (χ2n) is 6.81. The average Bonchev–Trinajstić information content (AvgIpc) is 3.21. The Hall–Kier alpha value is -3.54. The third kappa shape index (κ3) is 3.03. The standard InChI is InChI=1S/C22H19N3O3/c26-22(25-11-3-5-15-4-1-2-6-18(15)25)16-9-10-23-21(12-16)24-17-7-8-19-20(13-17)28-14-27-19/h1-2,4,6-10,12-13H,3,5,11,14H2,(H,23,24). The summed E-state index contributed by atoms with van der Waals surface area (Å²) in [4.78, 5) is 19.4. The van der Waals surface area contributed by atoms with Gasteiger partial charge in [0.1, 0.15) is 5.82 Å². The molecule has 6 nitrogen and oxygen atoms in total. The van der Waals surface area contributed by atoms with Crippen LogP contribution in [-0.4, -0.2) is 24.2 Å². The Morgan fingerprint density at radius 3 is 2.89 bits per heavy atom. The number of nitrogens with zero attached hydrogens (tertiary/aromatic N) is 2. The fourth-order valence-corrected chi connectivity index (χ4v) is 3.65. The molecule has 140 valence electrons. The highest BCUT2D eigenvalue weighted by Crippen LogP contribution is 2.35. The van der Waals surface area contributed by atoms with Crippen LogP contribution < -0.4 is 19.7 Å². The highest BCUT2D eigenvalue weighted by atomic mass is 16.7. The molecule has 1 N–H and O–H groups in total. The van der Waals surface area contributed by atoms with E-state index in [-0.39, 0.29) is 12.7 Å². The van der Waals surface area contributed by atoms with Crippen molar-refractivity contribution < 1.29 is 14.3 Å². The van der Waals surface area contributed by atoms with E-state index < -0.39 is 0 Å². The number of fused-ring (bicyclic) bond motifs is 2. The molecule has 0 atom stereocenters. The molecular weight excluding hydrogens is 354 g/mol. The summed E-state index contributed by atoms with van der Waals surface area (Å²) in [5, 5.41) is 3.23. The molecule has 0 radical (unpaired) electrons. The number of carbonyl (C=O) groups excluding carboxylic acids is 1. The lowest BCUT2D eigenvalue weighted by molar-refractivity contribution is 0.0985. The van der Waals surface area contributed by atoms with Gasteiger partial charge in [-0.05, 0) is 48.7 Å². The van der Waals surface area contributed by atoms with Crippen molar-refractivity contribution in [3.63, 3.8) is 0 Å². The Morgan fingerprint density at radius 1 is 1.04 bits per heavy atom. The maximum absolute atomic E-state index is 13.2. The largest absolute Gasteiger partial charge is 0.454 e. The number of nitrogens with one attached hydrogen (secondary N) is 1. The molecule has 1 aromatic heterocycles. The van der Waals surface area contributed by atoms with Crippen molar-refractivity contribution in [3.05, 3.63) is 71.9 Å². The van der Waals surface area contributed by atoms with Gasteiger partial charge in [-0.15, -0.1) is 0 Å². The van der Waals surface area contributed by atoms with Crippen LogP contribution in [-0.2, 0) is 6.42 Å². The molecule has 5 rings (SSSR count). The van der Waals surface area contributed by atoms with Crippen LogP contribution in [0.5, 0.6) is 11.5 Å². The summed E-state index contributed by atoms with van der Waals surface area (Å²) in [5.74, 6) is 2.02. The minimum atomic E-state index is -0.0108. The zero-order valence-corrected chi connectivity index (χ0v) is 15.2. The van der Waals surface area contributed by atoms with Gasteiger partial charge in [0.2, 0.25) is 6.79 Å². The summed E-state index contributed by atoms with van der Waals surface area (Å²) < 4.78 is 10.7. The number of hydrogen-bond acceptors (Lipinski definition) is 5. The van der Waals surface area contributed by atoms with Gasteiger partial charge in [-0.3, -0.25) is 4.79 Å². The topological polar surface area (TPSA) is 63.7 Å². The number of amides is 1. The van der Waals surface area contributed by atoms with Crippen molar-refractivity contribution >= 4 is 23.1 Å². The maximum Gasteiger partial charge on any atom is 0.258 e. The zero-order chi connectivity index (χ0) is 18.9. The lowest BCUT2D eigenvalue weighted by atomic mass is 10.0. The van der Waals surface area contributed by atoms with E-state index in [0.717, 1.165) is 36.5 Å². The van der Waals surface area contributed by atoms with Gasteiger partial charge in [0.25, 0.3) is 5.91 Å². The van der Waals surface area contributed by atoms with E-state index >= 15 is 0 Å². The second kappa shape index (κ2) is 6.88. The smallest absolute Gasteiger partial charge is 0.258 e. The SMILES string of the molecule is O=C(c1ccnc(Nc2ccc3c(c2)OCO3)c1)N1CCCc2ccccc21. The summed E-state index contributed by atoms with van der Waals surface area (Å²) in [6.07, 6.45) is 3.63. The molecule has 0 aliphatic carbocycles. The normalized spacial score (nSPS) is 14.5. The molecular formula is C22H19N3O3. The molecule has 2 aliphatic rings. The van der Waals surface area contributed by atoms with Crippen molar-refractivity contribution in [2.24, 2.45) is 0 Å². The molecule has 2 aromatic carbocycles. The quantitative estimate of drug-likeness (QED) is 0.747. The van der Waals surface area contributed by atoms with Gasteiger partial charge in [0.05, 0.1) is 0 Å². The predicted molar refractivity (Wildman–Crippen MR) is 107 cm³/mol. The number of aryl methyl sites for hydroxylation is 1. The lowest BCUT2D eigenvalue weighted by Gasteiger charge is -2.29. The van der Waals surface area contributed by atoms with Crippen LogP contribution in [0.2, 0.25) is 0 Å². The number of pyridine rings is 1. The Morgan fingerprint density at radius 2 is 1.93 bits per heavy atom. The molecule has 0 bridgehead atoms. The molecule has 0 fully saturated rings. The van der Waals surface area contributed by atoms with Gasteiger partial charge in [-0.25, -0.2) is 4.98 Å². The van der Waals surface area contributed by atoms with Crippen LogP contribution in [0.1, 0.15) is 22.3 Å². The Labute approximate surface area is 162 Å². The molecule has 1 amide bonds. The Bertz CT molecular complexity index is 1050. The number of anilines is 3.